The highest BCUT2D eigenvalue weighted by Gasteiger charge is 2.31. The number of hydrogen-bond acceptors (Lipinski definition) is 6. The third-order valence-electron chi connectivity index (χ3n) is 7.10. The molecule has 0 aliphatic heterocycles. The number of carbonyl (C=O) groups excluding carboxylic acids is 1. The van der Waals surface area contributed by atoms with Gasteiger partial charge in [0.25, 0.3) is 5.91 Å². The average Bonchev–Trinajstić information content (AvgIpc) is 3.36. The SMILES string of the molecule is CC(C)c1c(C(=O)Nc2ccccc2)c(-c2ccccc2)c(-c2ccc(F)cc2)n1CC[C@@H](O)C[C@@H](O)CC(=O)O.NCCN. The minimum Gasteiger partial charge on any atom is -0.481 e. The number of rotatable bonds is 13. The molecule has 3 aromatic carbocycles. The minimum atomic E-state index is -1.18. The average molecular weight is 619 g/mol. The van der Waals surface area contributed by atoms with E-state index < -0.39 is 24.6 Å². The first kappa shape index (κ1) is 35.1. The van der Waals surface area contributed by atoms with Gasteiger partial charge >= 0.3 is 5.97 Å². The van der Waals surface area contributed by atoms with Crippen LogP contribution in [0.2, 0.25) is 0 Å². The van der Waals surface area contributed by atoms with Crippen molar-refractivity contribution in [3.8, 4) is 22.4 Å². The zero-order chi connectivity index (χ0) is 32.9. The molecule has 4 aromatic rings. The Bertz CT molecular complexity index is 1510. The fourth-order valence-electron chi connectivity index (χ4n) is 5.20. The maximum atomic E-state index is 14.0. The van der Waals surface area contributed by atoms with Crippen LogP contribution >= 0.6 is 0 Å². The highest BCUT2D eigenvalue weighted by Crippen LogP contribution is 2.42. The quantitative estimate of drug-likeness (QED) is 0.120. The molecule has 240 valence electrons. The molecular weight excluding hydrogens is 575 g/mol. The van der Waals surface area contributed by atoms with E-state index in [1.54, 1.807) is 12.1 Å². The van der Waals surface area contributed by atoms with Crippen LogP contribution in [0.15, 0.2) is 84.9 Å². The van der Waals surface area contributed by atoms with E-state index in [1.165, 1.54) is 12.1 Å². The number of amides is 1. The van der Waals surface area contributed by atoms with Crippen LogP contribution in [0.25, 0.3) is 22.4 Å². The zero-order valence-electron chi connectivity index (χ0n) is 25.7. The van der Waals surface area contributed by atoms with Crippen LogP contribution in [-0.2, 0) is 11.3 Å². The molecule has 0 radical (unpaired) electrons. The Kier molecular flexibility index (Phi) is 13.4. The maximum absolute atomic E-state index is 14.0. The molecule has 8 N–H and O–H groups in total. The Hall–Kier alpha value is -4.35. The number of aliphatic hydroxyl groups excluding tert-OH is 2. The summed E-state index contributed by atoms with van der Waals surface area (Å²) in [6.45, 7) is 5.45. The van der Waals surface area contributed by atoms with Crippen LogP contribution in [-0.4, -0.2) is 57.1 Å². The third kappa shape index (κ3) is 9.82. The van der Waals surface area contributed by atoms with E-state index in [0.717, 1.165) is 11.3 Å². The summed E-state index contributed by atoms with van der Waals surface area (Å²) >= 11 is 0. The fourth-order valence-corrected chi connectivity index (χ4v) is 5.20. The number of aromatic nitrogens is 1. The molecule has 0 bridgehead atoms. The van der Waals surface area contributed by atoms with Gasteiger partial charge in [0.15, 0.2) is 0 Å². The summed E-state index contributed by atoms with van der Waals surface area (Å²) in [7, 11) is 0. The molecule has 0 aliphatic carbocycles. The number of carboxylic acids is 1. The predicted octanol–water partition coefficient (Wildman–Crippen LogP) is 5.22. The summed E-state index contributed by atoms with van der Waals surface area (Å²) in [5.74, 6) is -1.93. The Morgan fingerprint density at radius 1 is 0.844 bits per heavy atom. The van der Waals surface area contributed by atoms with Gasteiger partial charge < -0.3 is 36.7 Å². The molecular formula is C35H43FN4O5. The molecule has 0 saturated carbocycles. The summed E-state index contributed by atoms with van der Waals surface area (Å²) in [4.78, 5) is 25.0. The molecule has 1 amide bonds. The molecule has 1 aromatic heterocycles. The van der Waals surface area contributed by atoms with E-state index in [-0.39, 0.29) is 37.0 Å². The lowest BCUT2D eigenvalue weighted by atomic mass is 9.94. The number of aliphatic carboxylic acids is 1. The van der Waals surface area contributed by atoms with E-state index in [4.69, 9.17) is 16.6 Å². The van der Waals surface area contributed by atoms with E-state index >= 15 is 0 Å². The van der Waals surface area contributed by atoms with Gasteiger partial charge in [-0.05, 0) is 66.3 Å². The smallest absolute Gasteiger partial charge is 0.305 e. The monoisotopic (exact) mass is 618 g/mol. The molecule has 9 nitrogen and oxygen atoms in total. The van der Waals surface area contributed by atoms with Gasteiger partial charge in [-0.2, -0.15) is 0 Å². The van der Waals surface area contributed by atoms with Crippen molar-refractivity contribution < 1.29 is 29.3 Å². The van der Waals surface area contributed by atoms with Crippen LogP contribution < -0.4 is 16.8 Å². The maximum Gasteiger partial charge on any atom is 0.305 e. The van der Waals surface area contributed by atoms with E-state index in [2.05, 4.69) is 5.32 Å². The largest absolute Gasteiger partial charge is 0.481 e. The second-order valence-electron chi connectivity index (χ2n) is 11.0. The minimum absolute atomic E-state index is 0.0939. The number of carboxylic acid groups (broad SMARTS) is 1. The summed E-state index contributed by atoms with van der Waals surface area (Å²) < 4.78 is 16.0. The fraction of sp³-hybridized carbons (Fsp3) is 0.314. The highest BCUT2D eigenvalue weighted by molar-refractivity contribution is 6.12. The number of nitrogens with one attached hydrogen (secondary N) is 1. The lowest BCUT2D eigenvalue weighted by Crippen LogP contribution is -2.22. The molecule has 0 fully saturated rings. The number of hydrogen-bond donors (Lipinski definition) is 6. The van der Waals surface area contributed by atoms with Crippen molar-refractivity contribution >= 4 is 17.6 Å². The molecule has 1 heterocycles. The zero-order valence-corrected chi connectivity index (χ0v) is 25.7. The number of anilines is 1. The molecule has 4 rings (SSSR count). The van der Waals surface area contributed by atoms with Crippen molar-refractivity contribution in [1.82, 2.24) is 4.57 Å². The van der Waals surface area contributed by atoms with Gasteiger partial charge in [0.2, 0.25) is 0 Å². The Balaban J connectivity index is 0.00000130. The molecule has 45 heavy (non-hydrogen) atoms. The number of benzene rings is 3. The van der Waals surface area contributed by atoms with Crippen LogP contribution in [0.5, 0.6) is 0 Å². The number of nitrogens with two attached hydrogens (primary N) is 2. The van der Waals surface area contributed by atoms with Crippen molar-refractivity contribution in [1.29, 1.82) is 0 Å². The molecule has 10 heteroatoms. The topological polar surface area (TPSA) is 164 Å². The summed E-state index contributed by atoms with van der Waals surface area (Å²) in [5, 5.41) is 32.8. The standard InChI is InChI=1S/C33H35FN2O5.C2H8N2/c1-21(2)31-30(33(41)35-25-11-7-4-8-12-25)29(22-9-5-3-6-10-22)32(23-13-15-24(34)16-14-23)36(31)18-17-26(37)19-27(38)20-28(39)40;3-1-2-4/h3-16,21,26-27,37-38H,17-20H2,1-2H3,(H,35,41)(H,39,40);1-4H2/t26-,27-;/m1./s1. The van der Waals surface area contributed by atoms with Crippen LogP contribution in [0.3, 0.4) is 0 Å². The third-order valence-corrected chi connectivity index (χ3v) is 7.10. The number of aliphatic hydroxyl groups is 2. The molecule has 0 spiro atoms. The second kappa shape index (κ2) is 17.2. The van der Waals surface area contributed by atoms with Crippen LogP contribution in [0, 0.1) is 5.82 Å². The van der Waals surface area contributed by atoms with Crippen LogP contribution in [0.1, 0.15) is 55.1 Å². The first-order valence-electron chi connectivity index (χ1n) is 15.0. The number of nitrogens with zero attached hydrogens (tertiary/aromatic N) is 1. The molecule has 0 aliphatic rings. The van der Waals surface area contributed by atoms with Gasteiger partial charge in [0.1, 0.15) is 5.82 Å². The summed E-state index contributed by atoms with van der Waals surface area (Å²) in [5.41, 5.74) is 14.6. The van der Waals surface area contributed by atoms with Gasteiger partial charge in [0, 0.05) is 36.6 Å². The second-order valence-corrected chi connectivity index (χ2v) is 11.0. The molecule has 0 unspecified atom stereocenters. The van der Waals surface area contributed by atoms with Gasteiger partial charge in [0.05, 0.1) is 29.9 Å². The van der Waals surface area contributed by atoms with Gasteiger partial charge in [-0.25, -0.2) is 4.39 Å². The lowest BCUT2D eigenvalue weighted by Gasteiger charge is -2.20. The normalized spacial score (nSPS) is 12.3. The summed E-state index contributed by atoms with van der Waals surface area (Å²) in [6, 6.07) is 24.8. The van der Waals surface area contributed by atoms with Crippen molar-refractivity contribution in [2.75, 3.05) is 18.4 Å². The Labute approximate surface area is 263 Å². The number of para-hydroxylation sites is 1. The Morgan fingerprint density at radius 3 is 1.96 bits per heavy atom. The van der Waals surface area contributed by atoms with Gasteiger partial charge in [-0.1, -0.05) is 62.4 Å². The van der Waals surface area contributed by atoms with Gasteiger partial charge in [-0.3, -0.25) is 9.59 Å². The van der Waals surface area contributed by atoms with Gasteiger partial charge in [-0.15, -0.1) is 0 Å². The van der Waals surface area contributed by atoms with E-state index in [0.29, 0.717) is 41.2 Å². The summed E-state index contributed by atoms with van der Waals surface area (Å²) in [6.07, 6.45) is -2.51. The predicted molar refractivity (Wildman–Crippen MR) is 175 cm³/mol. The lowest BCUT2D eigenvalue weighted by molar-refractivity contribution is -0.139. The van der Waals surface area contributed by atoms with Crippen molar-refractivity contribution in [2.45, 2.75) is 57.8 Å². The highest BCUT2D eigenvalue weighted by atomic mass is 19.1. The Morgan fingerprint density at radius 2 is 1.42 bits per heavy atom. The van der Waals surface area contributed by atoms with Crippen molar-refractivity contribution in [3.63, 3.8) is 0 Å². The van der Waals surface area contributed by atoms with E-state index in [1.807, 2.05) is 79.1 Å². The first-order valence-corrected chi connectivity index (χ1v) is 15.0. The van der Waals surface area contributed by atoms with Crippen molar-refractivity contribution in [2.24, 2.45) is 11.5 Å². The number of carbonyl (C=O) groups is 2. The first-order chi connectivity index (χ1) is 21.6. The molecule has 2 atom stereocenters. The molecule has 0 saturated heterocycles. The van der Waals surface area contributed by atoms with E-state index in [9.17, 15) is 24.2 Å². The van der Waals surface area contributed by atoms with Crippen molar-refractivity contribution in [3.05, 3.63) is 102 Å². The number of halogens is 1. The van der Waals surface area contributed by atoms with Crippen LogP contribution in [0.4, 0.5) is 10.1 Å².